The number of hydrogen-bond acceptors (Lipinski definition) is 8. The van der Waals surface area contributed by atoms with Crippen molar-refractivity contribution in [2.24, 2.45) is 0 Å². The highest BCUT2D eigenvalue weighted by Gasteiger charge is 2.34. The van der Waals surface area contributed by atoms with Gasteiger partial charge in [0, 0.05) is 32.6 Å². The number of nitrogens with zero attached hydrogens (tertiary/aromatic N) is 3. The number of aliphatic hydroxyl groups is 2. The van der Waals surface area contributed by atoms with E-state index in [4.69, 9.17) is 13.6 Å². The van der Waals surface area contributed by atoms with Gasteiger partial charge in [-0.15, -0.1) is 10.2 Å². The number of ether oxygens (including phenoxy) is 1. The van der Waals surface area contributed by atoms with Crippen LogP contribution in [0.1, 0.15) is 24.3 Å². The van der Waals surface area contributed by atoms with Crippen LogP contribution in [0.3, 0.4) is 0 Å². The van der Waals surface area contributed by atoms with Crippen molar-refractivity contribution in [2.45, 2.75) is 31.5 Å². The second-order valence-electron chi connectivity index (χ2n) is 9.76. The van der Waals surface area contributed by atoms with Crippen molar-refractivity contribution in [1.29, 1.82) is 0 Å². The highest BCUT2D eigenvalue weighted by Crippen LogP contribution is 2.35. The maximum absolute atomic E-state index is 11.4. The second-order valence-corrected chi connectivity index (χ2v) is 9.76. The summed E-state index contributed by atoms with van der Waals surface area (Å²) in [5, 5.41) is 33.0. The standard InChI is InChI=1S/C29H29N3O5/c1-19-30-31-28(36-19)27-16-24-25(7-4-8-26(24)37-27)35-18-23(33)17-32-13-11-29(34,12-14-32)22-10-9-20-5-2-3-6-21(20)15-22/h2-10,15-16,23,33-34H,11-14,17-18H2,1H3/t23-/m0/s1. The van der Waals surface area contributed by atoms with Crippen LogP contribution in [0.5, 0.6) is 5.75 Å². The van der Waals surface area contributed by atoms with E-state index >= 15 is 0 Å². The molecule has 1 atom stereocenters. The third-order valence-electron chi connectivity index (χ3n) is 7.13. The summed E-state index contributed by atoms with van der Waals surface area (Å²) < 4.78 is 17.3. The van der Waals surface area contributed by atoms with Crippen molar-refractivity contribution in [1.82, 2.24) is 15.1 Å². The van der Waals surface area contributed by atoms with Crippen molar-refractivity contribution in [2.75, 3.05) is 26.2 Å². The molecule has 0 aliphatic carbocycles. The zero-order valence-corrected chi connectivity index (χ0v) is 20.6. The number of aliphatic hydroxyl groups excluding tert-OH is 1. The monoisotopic (exact) mass is 499 g/mol. The fourth-order valence-corrected chi connectivity index (χ4v) is 5.07. The van der Waals surface area contributed by atoms with E-state index in [1.807, 2.05) is 42.5 Å². The third kappa shape index (κ3) is 4.83. The van der Waals surface area contributed by atoms with Crippen molar-refractivity contribution in [3.8, 4) is 17.4 Å². The van der Waals surface area contributed by atoms with Crippen LogP contribution < -0.4 is 4.74 Å². The van der Waals surface area contributed by atoms with Crippen molar-refractivity contribution in [3.05, 3.63) is 78.2 Å². The number of β-amino-alcohol motifs (C(OH)–C–C–N with tert-alkyl or cyclic N) is 1. The van der Waals surface area contributed by atoms with E-state index in [0.29, 0.717) is 61.4 Å². The lowest BCUT2D eigenvalue weighted by Crippen LogP contribution is -2.46. The molecule has 1 fully saturated rings. The maximum atomic E-state index is 11.4. The molecule has 5 aromatic rings. The molecule has 0 amide bonds. The van der Waals surface area contributed by atoms with Crippen LogP contribution in [-0.4, -0.2) is 57.7 Å². The number of benzene rings is 3. The van der Waals surface area contributed by atoms with Gasteiger partial charge in [-0.25, -0.2) is 0 Å². The first-order valence-electron chi connectivity index (χ1n) is 12.5. The zero-order valence-electron chi connectivity index (χ0n) is 20.6. The van der Waals surface area contributed by atoms with Crippen molar-refractivity contribution >= 4 is 21.7 Å². The summed E-state index contributed by atoms with van der Waals surface area (Å²) in [5.41, 5.74) is 0.743. The Morgan fingerprint density at radius 1 is 0.973 bits per heavy atom. The minimum Gasteiger partial charge on any atom is -0.490 e. The molecule has 1 aliphatic heterocycles. The van der Waals surface area contributed by atoms with Gasteiger partial charge >= 0.3 is 0 Å². The summed E-state index contributed by atoms with van der Waals surface area (Å²) in [6.45, 7) is 3.74. The Labute approximate surface area is 214 Å². The van der Waals surface area contributed by atoms with E-state index in [1.54, 1.807) is 6.92 Å². The first kappa shape index (κ1) is 23.7. The summed E-state index contributed by atoms with van der Waals surface area (Å²) in [4.78, 5) is 2.18. The van der Waals surface area contributed by atoms with Crippen LogP contribution in [0.25, 0.3) is 33.4 Å². The largest absolute Gasteiger partial charge is 0.490 e. The summed E-state index contributed by atoms with van der Waals surface area (Å²) in [6.07, 6.45) is 0.558. The molecular weight excluding hydrogens is 470 g/mol. The molecule has 2 N–H and O–H groups in total. The van der Waals surface area contributed by atoms with E-state index in [0.717, 1.165) is 16.3 Å². The molecule has 0 spiro atoms. The molecule has 2 aromatic heterocycles. The molecule has 0 radical (unpaired) electrons. The summed E-state index contributed by atoms with van der Waals surface area (Å²) >= 11 is 0. The maximum Gasteiger partial charge on any atom is 0.283 e. The Kier molecular flexibility index (Phi) is 6.16. The van der Waals surface area contributed by atoms with Crippen molar-refractivity contribution < 1.29 is 23.8 Å². The van der Waals surface area contributed by atoms with Gasteiger partial charge in [0.2, 0.25) is 5.89 Å². The van der Waals surface area contributed by atoms with E-state index in [9.17, 15) is 10.2 Å². The van der Waals surface area contributed by atoms with Gasteiger partial charge in [0.15, 0.2) is 5.76 Å². The molecule has 1 aliphatic rings. The van der Waals surface area contributed by atoms with Gasteiger partial charge < -0.3 is 28.7 Å². The molecule has 8 nitrogen and oxygen atoms in total. The molecule has 6 rings (SSSR count). The zero-order chi connectivity index (χ0) is 25.4. The average Bonchev–Trinajstić information content (AvgIpc) is 3.55. The van der Waals surface area contributed by atoms with Crippen LogP contribution in [-0.2, 0) is 5.60 Å². The number of rotatable bonds is 7. The molecule has 0 bridgehead atoms. The van der Waals surface area contributed by atoms with Crippen LogP contribution in [0.2, 0.25) is 0 Å². The average molecular weight is 500 g/mol. The number of fused-ring (bicyclic) bond motifs is 2. The molecule has 0 saturated carbocycles. The molecule has 1 saturated heterocycles. The Hall–Kier alpha value is -3.72. The number of hydrogen-bond donors (Lipinski definition) is 2. The number of likely N-dealkylation sites (tertiary alicyclic amines) is 1. The van der Waals surface area contributed by atoms with Crippen LogP contribution in [0.4, 0.5) is 0 Å². The van der Waals surface area contributed by atoms with Gasteiger partial charge in [-0.2, -0.15) is 0 Å². The molecule has 37 heavy (non-hydrogen) atoms. The molecular formula is C29H29N3O5. The molecule has 3 heterocycles. The Balaban J connectivity index is 1.06. The smallest absolute Gasteiger partial charge is 0.283 e. The lowest BCUT2D eigenvalue weighted by Gasteiger charge is -2.39. The molecule has 0 unspecified atom stereocenters. The Bertz CT molecular complexity index is 1530. The van der Waals surface area contributed by atoms with Gasteiger partial charge in [0.25, 0.3) is 5.89 Å². The van der Waals surface area contributed by atoms with Gasteiger partial charge in [0.1, 0.15) is 24.0 Å². The Morgan fingerprint density at radius 2 is 1.78 bits per heavy atom. The molecule has 8 heteroatoms. The van der Waals surface area contributed by atoms with E-state index in [-0.39, 0.29) is 6.61 Å². The molecule has 190 valence electrons. The normalized spacial score (nSPS) is 16.8. The fourth-order valence-electron chi connectivity index (χ4n) is 5.07. The topological polar surface area (TPSA) is 105 Å². The van der Waals surface area contributed by atoms with Gasteiger partial charge in [-0.05, 0) is 47.4 Å². The second kappa shape index (κ2) is 9.63. The number of furan rings is 1. The van der Waals surface area contributed by atoms with E-state index in [1.165, 1.54) is 5.39 Å². The summed E-state index contributed by atoms with van der Waals surface area (Å²) in [6, 6.07) is 21.7. The Morgan fingerprint density at radius 3 is 2.57 bits per heavy atom. The SMILES string of the molecule is Cc1nnc(-c2cc3c(OC[C@@H](O)CN4CCC(O)(c5ccc6ccccc6c5)CC4)cccc3o2)o1. The molecule has 3 aromatic carbocycles. The first-order chi connectivity index (χ1) is 18.0. The van der Waals surface area contributed by atoms with E-state index < -0.39 is 11.7 Å². The number of piperidine rings is 1. The lowest BCUT2D eigenvalue weighted by molar-refractivity contribution is -0.0371. The van der Waals surface area contributed by atoms with Gasteiger partial charge in [-0.3, -0.25) is 0 Å². The number of aryl methyl sites for hydroxylation is 1. The predicted molar refractivity (Wildman–Crippen MR) is 139 cm³/mol. The minimum absolute atomic E-state index is 0.144. The fraction of sp³-hybridized carbons (Fsp3) is 0.310. The van der Waals surface area contributed by atoms with Crippen LogP contribution in [0, 0.1) is 6.92 Å². The third-order valence-corrected chi connectivity index (χ3v) is 7.13. The van der Waals surface area contributed by atoms with Gasteiger partial charge in [-0.1, -0.05) is 42.5 Å². The minimum atomic E-state index is -0.854. The quantitative estimate of drug-likeness (QED) is 0.333. The number of aromatic nitrogens is 2. The lowest BCUT2D eigenvalue weighted by atomic mass is 9.83. The van der Waals surface area contributed by atoms with Crippen molar-refractivity contribution in [3.63, 3.8) is 0 Å². The van der Waals surface area contributed by atoms with Gasteiger partial charge in [0.05, 0.1) is 11.0 Å². The summed E-state index contributed by atoms with van der Waals surface area (Å²) in [5.74, 6) is 1.86. The first-order valence-corrected chi connectivity index (χ1v) is 12.5. The summed E-state index contributed by atoms with van der Waals surface area (Å²) in [7, 11) is 0. The highest BCUT2D eigenvalue weighted by atomic mass is 16.5. The van der Waals surface area contributed by atoms with Crippen LogP contribution in [0.15, 0.2) is 75.6 Å². The van der Waals surface area contributed by atoms with Crippen LogP contribution >= 0.6 is 0 Å². The predicted octanol–water partition coefficient (Wildman–Crippen LogP) is 4.67. The highest BCUT2D eigenvalue weighted by molar-refractivity contribution is 5.87. The van der Waals surface area contributed by atoms with E-state index in [2.05, 4.69) is 39.4 Å².